The van der Waals surface area contributed by atoms with Crippen molar-refractivity contribution in [3.63, 3.8) is 0 Å². The smallest absolute Gasteiger partial charge is 0.0845 e. The van der Waals surface area contributed by atoms with Gasteiger partial charge in [-0.05, 0) is 32.4 Å². The van der Waals surface area contributed by atoms with Crippen molar-refractivity contribution >= 4 is 0 Å². The Hall–Kier alpha value is -0.0800. The van der Waals surface area contributed by atoms with Crippen LogP contribution in [0.15, 0.2) is 0 Å². The molecule has 2 heteroatoms. The molecule has 0 aromatic rings. The Morgan fingerprint density at radius 3 is 2.67 bits per heavy atom. The van der Waals surface area contributed by atoms with Crippen LogP contribution in [0.1, 0.15) is 12.8 Å². The Balaban J connectivity index is 1.77. The van der Waals surface area contributed by atoms with Gasteiger partial charge in [0.05, 0.1) is 12.2 Å². The molecular weight excluding hydrogens is 114 g/mol. The largest absolute Gasteiger partial charge is 0.370 e. The second-order valence-electron chi connectivity index (χ2n) is 3.11. The van der Waals surface area contributed by atoms with Gasteiger partial charge in [0, 0.05) is 0 Å². The van der Waals surface area contributed by atoms with Crippen molar-refractivity contribution in [2.75, 3.05) is 13.6 Å². The first-order valence-electron chi connectivity index (χ1n) is 3.70. The minimum Gasteiger partial charge on any atom is -0.370 e. The standard InChI is InChI=1S/C7H13NO/c1-8-4-5-2-6-7(3-5)9-6/h5-8H,2-4H2,1H3/t5?,6-,7+. The third kappa shape index (κ3) is 0.970. The maximum Gasteiger partial charge on any atom is 0.0845 e. The molecule has 2 rings (SSSR count). The second kappa shape index (κ2) is 1.96. The van der Waals surface area contributed by atoms with Crippen molar-refractivity contribution < 1.29 is 4.74 Å². The lowest BCUT2D eigenvalue weighted by Crippen LogP contribution is -2.17. The first-order chi connectivity index (χ1) is 4.40. The minimum absolute atomic E-state index is 0.656. The highest BCUT2D eigenvalue weighted by atomic mass is 16.6. The van der Waals surface area contributed by atoms with Crippen LogP contribution >= 0.6 is 0 Å². The molecule has 2 nitrogen and oxygen atoms in total. The van der Waals surface area contributed by atoms with Gasteiger partial charge in [-0.1, -0.05) is 0 Å². The Morgan fingerprint density at radius 2 is 2.11 bits per heavy atom. The molecule has 3 atom stereocenters. The van der Waals surface area contributed by atoms with Gasteiger partial charge in [-0.3, -0.25) is 0 Å². The quantitative estimate of drug-likeness (QED) is 0.542. The molecular formula is C7H13NO. The third-order valence-corrected chi connectivity index (χ3v) is 2.31. The summed E-state index contributed by atoms with van der Waals surface area (Å²) in [6.07, 6.45) is 3.91. The molecule has 1 aliphatic heterocycles. The fourth-order valence-electron chi connectivity index (χ4n) is 1.80. The normalized spacial score (nSPS) is 47.0. The van der Waals surface area contributed by atoms with Gasteiger partial charge < -0.3 is 10.1 Å². The van der Waals surface area contributed by atoms with Crippen molar-refractivity contribution in [2.24, 2.45) is 5.92 Å². The van der Waals surface area contributed by atoms with Crippen LogP contribution in [-0.2, 0) is 4.74 Å². The van der Waals surface area contributed by atoms with E-state index >= 15 is 0 Å². The van der Waals surface area contributed by atoms with Gasteiger partial charge in [0.1, 0.15) is 0 Å². The van der Waals surface area contributed by atoms with Crippen LogP contribution in [0.4, 0.5) is 0 Å². The summed E-state index contributed by atoms with van der Waals surface area (Å²) in [6.45, 7) is 1.18. The highest BCUT2D eigenvalue weighted by Gasteiger charge is 2.47. The predicted molar refractivity (Wildman–Crippen MR) is 35.3 cm³/mol. The molecule has 2 fully saturated rings. The summed E-state index contributed by atoms with van der Waals surface area (Å²) in [5.41, 5.74) is 0. The first-order valence-corrected chi connectivity index (χ1v) is 3.70. The number of hydrogen-bond donors (Lipinski definition) is 1. The number of epoxide rings is 1. The summed E-state index contributed by atoms with van der Waals surface area (Å²) in [7, 11) is 2.02. The molecule has 2 aliphatic rings. The van der Waals surface area contributed by atoms with E-state index in [1.165, 1.54) is 19.4 Å². The SMILES string of the molecule is CNCC1C[C@@H]2O[C@@H]2C1. The van der Waals surface area contributed by atoms with Crippen LogP contribution in [0.25, 0.3) is 0 Å². The molecule has 1 heterocycles. The highest BCUT2D eigenvalue weighted by Crippen LogP contribution is 2.41. The average molecular weight is 127 g/mol. The molecule has 0 bridgehead atoms. The van der Waals surface area contributed by atoms with Crippen LogP contribution in [0.3, 0.4) is 0 Å². The van der Waals surface area contributed by atoms with Crippen LogP contribution in [0.2, 0.25) is 0 Å². The predicted octanol–water partition coefficient (Wildman–Crippen LogP) is 0.383. The molecule has 1 saturated heterocycles. The summed E-state index contributed by atoms with van der Waals surface area (Å²) < 4.78 is 5.30. The second-order valence-corrected chi connectivity index (χ2v) is 3.11. The van der Waals surface area contributed by atoms with E-state index in [9.17, 15) is 0 Å². The lowest BCUT2D eigenvalue weighted by Gasteiger charge is -2.08. The van der Waals surface area contributed by atoms with E-state index < -0.39 is 0 Å². The van der Waals surface area contributed by atoms with Gasteiger partial charge in [-0.25, -0.2) is 0 Å². The summed E-state index contributed by atoms with van der Waals surface area (Å²) >= 11 is 0. The van der Waals surface area contributed by atoms with Gasteiger partial charge in [-0.2, -0.15) is 0 Å². The van der Waals surface area contributed by atoms with Gasteiger partial charge in [0.15, 0.2) is 0 Å². The van der Waals surface area contributed by atoms with E-state index in [0.717, 1.165) is 5.92 Å². The lowest BCUT2D eigenvalue weighted by molar-refractivity contribution is 0.271. The lowest BCUT2D eigenvalue weighted by atomic mass is 10.1. The van der Waals surface area contributed by atoms with Crippen molar-refractivity contribution in [3.8, 4) is 0 Å². The van der Waals surface area contributed by atoms with Gasteiger partial charge >= 0.3 is 0 Å². The summed E-state index contributed by atoms with van der Waals surface area (Å²) in [5, 5.41) is 3.20. The van der Waals surface area contributed by atoms with Gasteiger partial charge in [-0.15, -0.1) is 0 Å². The molecule has 0 spiro atoms. The molecule has 0 aromatic heterocycles. The minimum atomic E-state index is 0.656. The van der Waals surface area contributed by atoms with Crippen molar-refractivity contribution in [1.29, 1.82) is 0 Å². The van der Waals surface area contributed by atoms with Crippen LogP contribution in [-0.4, -0.2) is 25.8 Å². The zero-order valence-corrected chi connectivity index (χ0v) is 5.76. The number of rotatable bonds is 2. The van der Waals surface area contributed by atoms with E-state index in [4.69, 9.17) is 4.74 Å². The van der Waals surface area contributed by atoms with Crippen LogP contribution < -0.4 is 5.32 Å². The Kier molecular flexibility index (Phi) is 1.24. The molecule has 1 saturated carbocycles. The zero-order valence-electron chi connectivity index (χ0n) is 5.76. The number of hydrogen-bond acceptors (Lipinski definition) is 2. The molecule has 0 amide bonds. The van der Waals surface area contributed by atoms with Crippen molar-refractivity contribution in [2.45, 2.75) is 25.0 Å². The maximum absolute atomic E-state index is 5.30. The highest BCUT2D eigenvalue weighted by molar-refractivity contribution is 4.95. The topological polar surface area (TPSA) is 24.6 Å². The van der Waals surface area contributed by atoms with Crippen LogP contribution in [0.5, 0.6) is 0 Å². The number of ether oxygens (including phenoxy) is 1. The molecule has 0 radical (unpaired) electrons. The van der Waals surface area contributed by atoms with E-state index in [2.05, 4.69) is 5.32 Å². The monoisotopic (exact) mass is 127 g/mol. The first kappa shape index (κ1) is 5.69. The zero-order chi connectivity index (χ0) is 6.27. The van der Waals surface area contributed by atoms with E-state index in [0.29, 0.717) is 12.2 Å². The average Bonchev–Trinajstić information content (AvgIpc) is 2.42. The molecule has 0 aromatic carbocycles. The summed E-state index contributed by atoms with van der Waals surface area (Å²) in [5.74, 6) is 0.902. The molecule has 9 heavy (non-hydrogen) atoms. The number of fused-ring (bicyclic) bond motifs is 1. The Labute approximate surface area is 55.6 Å². The third-order valence-electron chi connectivity index (χ3n) is 2.31. The Bertz CT molecular complexity index is 105. The van der Waals surface area contributed by atoms with Crippen molar-refractivity contribution in [3.05, 3.63) is 0 Å². The fraction of sp³-hybridized carbons (Fsp3) is 1.00. The van der Waals surface area contributed by atoms with E-state index in [1.807, 2.05) is 7.05 Å². The molecule has 1 aliphatic carbocycles. The molecule has 52 valence electrons. The van der Waals surface area contributed by atoms with Gasteiger partial charge in [0.25, 0.3) is 0 Å². The summed E-state index contributed by atoms with van der Waals surface area (Å²) in [6, 6.07) is 0. The summed E-state index contributed by atoms with van der Waals surface area (Å²) in [4.78, 5) is 0. The molecule has 1 unspecified atom stereocenters. The van der Waals surface area contributed by atoms with E-state index in [-0.39, 0.29) is 0 Å². The van der Waals surface area contributed by atoms with Crippen molar-refractivity contribution in [1.82, 2.24) is 5.32 Å². The number of nitrogens with one attached hydrogen (secondary N) is 1. The molecule has 1 N–H and O–H groups in total. The maximum atomic E-state index is 5.30. The van der Waals surface area contributed by atoms with E-state index in [1.54, 1.807) is 0 Å². The van der Waals surface area contributed by atoms with Crippen LogP contribution in [0, 0.1) is 5.92 Å². The fourth-order valence-corrected chi connectivity index (χ4v) is 1.80. The van der Waals surface area contributed by atoms with Gasteiger partial charge in [0.2, 0.25) is 0 Å². The Morgan fingerprint density at radius 1 is 1.44 bits per heavy atom.